The Kier molecular flexibility index (Phi) is 41.4. The van der Waals surface area contributed by atoms with Crippen molar-refractivity contribution in [1.29, 1.82) is 0 Å². The average molecular weight is 949 g/mol. The third-order valence-electron chi connectivity index (χ3n) is 9.24. The number of esters is 2. The summed E-state index contributed by atoms with van der Waals surface area (Å²) in [7, 11) is -9.59. The van der Waals surface area contributed by atoms with Gasteiger partial charge in [0.15, 0.2) is 0 Å². The smallest absolute Gasteiger partial charge is 0.463 e. The van der Waals surface area contributed by atoms with Crippen LogP contribution in [0.3, 0.4) is 0 Å². The van der Waals surface area contributed by atoms with Gasteiger partial charge in [-0.1, -0.05) is 151 Å². The van der Waals surface area contributed by atoms with Crippen LogP contribution in [-0.4, -0.2) is 95.0 Å². The number of allylic oxidation sites excluding steroid dienone is 12. The topological polar surface area (TPSA) is 225 Å². The van der Waals surface area contributed by atoms with E-state index in [4.69, 9.17) is 9.47 Å². The van der Waals surface area contributed by atoms with Crippen LogP contribution >= 0.6 is 15.6 Å². The SMILES string of the molecule is CC/C=C/C=C/C=C\C=C/CCCCCC(=O)OCC(O)COP(=O)(O)OCC(O)COP(=O)(O)OCC(O)COC(=O)CCCCCCCCCCC/C=C\C/C=C\CCCCC. The molecular formula is C47H82O15P2. The quantitative estimate of drug-likeness (QED) is 0.0126. The highest BCUT2D eigenvalue weighted by Gasteiger charge is 2.28. The van der Waals surface area contributed by atoms with Crippen LogP contribution in [0, 0.1) is 0 Å². The second-order valence-electron chi connectivity index (χ2n) is 15.5. The van der Waals surface area contributed by atoms with E-state index in [9.17, 15) is 43.8 Å². The Morgan fingerprint density at radius 1 is 0.438 bits per heavy atom. The van der Waals surface area contributed by atoms with Crippen LogP contribution in [0.1, 0.15) is 155 Å². The number of phosphoric ester groups is 2. The predicted molar refractivity (Wildman–Crippen MR) is 251 cm³/mol. The standard InChI is InChI=1S/C47H82O15P2/c1-3-5-7-9-11-13-15-17-18-19-20-21-22-24-26-28-30-32-34-36-47(52)58-38-44(49)40-60-64(55,56)62-42-45(50)41-61-63(53,54)59-39-43(48)37-57-46(51)35-33-31-29-27-25-23-16-14-12-10-8-6-4-2/h6,8,10-14,16-18,23,25,43-45,48-50H,3-5,7,9,15,19-22,24,26-42H2,1-2H3,(H,53,54)(H,55,56)/b8-6+,12-10+,13-11-,16-14-,18-17-,25-23-. The summed E-state index contributed by atoms with van der Waals surface area (Å²) in [6.07, 6.45) is 41.8. The fraction of sp³-hybridized carbons (Fsp3) is 0.702. The van der Waals surface area contributed by atoms with Crippen molar-refractivity contribution in [3.8, 4) is 0 Å². The Balaban J connectivity index is 3.92. The fourth-order valence-electron chi connectivity index (χ4n) is 5.60. The van der Waals surface area contributed by atoms with Crippen molar-refractivity contribution in [3.05, 3.63) is 72.9 Å². The van der Waals surface area contributed by atoms with Gasteiger partial charge in [-0.3, -0.25) is 27.7 Å². The van der Waals surface area contributed by atoms with Gasteiger partial charge in [-0.05, 0) is 64.2 Å². The number of aliphatic hydroxyl groups is 3. The molecule has 15 nitrogen and oxygen atoms in total. The van der Waals surface area contributed by atoms with Crippen molar-refractivity contribution in [2.75, 3.05) is 39.6 Å². The maximum absolute atomic E-state index is 12.2. The zero-order chi connectivity index (χ0) is 47.4. The zero-order valence-corrected chi connectivity index (χ0v) is 40.5. The van der Waals surface area contributed by atoms with Crippen LogP contribution in [0.2, 0.25) is 0 Å². The minimum absolute atomic E-state index is 0.147. The van der Waals surface area contributed by atoms with Gasteiger partial charge in [0, 0.05) is 12.8 Å². The molecule has 0 fully saturated rings. The molecule has 0 rings (SSSR count). The molecule has 5 N–H and O–H groups in total. The minimum atomic E-state index is -4.80. The van der Waals surface area contributed by atoms with Gasteiger partial charge in [-0.2, -0.15) is 0 Å². The molecule has 370 valence electrons. The largest absolute Gasteiger partial charge is 0.472 e. The Morgan fingerprint density at radius 2 is 0.781 bits per heavy atom. The molecule has 0 saturated carbocycles. The first kappa shape index (κ1) is 61.5. The summed E-state index contributed by atoms with van der Waals surface area (Å²) in [5.41, 5.74) is 0. The molecule has 0 aliphatic carbocycles. The first-order valence-corrected chi connectivity index (χ1v) is 26.3. The summed E-state index contributed by atoms with van der Waals surface area (Å²) < 4.78 is 52.9. The van der Waals surface area contributed by atoms with Crippen molar-refractivity contribution in [2.45, 2.75) is 173 Å². The lowest BCUT2D eigenvalue weighted by atomic mass is 10.1. The highest BCUT2D eigenvalue weighted by molar-refractivity contribution is 7.47. The Bertz CT molecular complexity index is 1430. The van der Waals surface area contributed by atoms with E-state index in [1.54, 1.807) is 0 Å². The van der Waals surface area contributed by atoms with Gasteiger partial charge in [0.05, 0.1) is 26.4 Å². The summed E-state index contributed by atoms with van der Waals surface area (Å²) in [4.78, 5) is 43.7. The normalized spacial score (nSPS) is 15.8. The van der Waals surface area contributed by atoms with Crippen LogP contribution in [0.15, 0.2) is 72.9 Å². The maximum Gasteiger partial charge on any atom is 0.472 e. The first-order chi connectivity index (χ1) is 30.8. The van der Waals surface area contributed by atoms with Crippen LogP contribution in [0.4, 0.5) is 0 Å². The molecule has 0 saturated heterocycles. The lowest BCUT2D eigenvalue weighted by Gasteiger charge is -2.19. The Hall–Kier alpha value is -2.52. The maximum atomic E-state index is 12.2. The summed E-state index contributed by atoms with van der Waals surface area (Å²) in [5, 5.41) is 30.0. The number of ether oxygens (including phenoxy) is 2. The summed E-state index contributed by atoms with van der Waals surface area (Å²) in [6.45, 7) is 0.179. The highest BCUT2D eigenvalue weighted by atomic mass is 31.2. The van der Waals surface area contributed by atoms with Gasteiger partial charge in [-0.25, -0.2) is 9.13 Å². The lowest BCUT2D eigenvalue weighted by molar-refractivity contribution is -0.148. The minimum Gasteiger partial charge on any atom is -0.463 e. The van der Waals surface area contributed by atoms with Crippen molar-refractivity contribution in [3.63, 3.8) is 0 Å². The zero-order valence-electron chi connectivity index (χ0n) is 38.7. The summed E-state index contributed by atoms with van der Waals surface area (Å²) in [5.74, 6) is -1.04. The van der Waals surface area contributed by atoms with Gasteiger partial charge in [0.1, 0.15) is 31.5 Å². The Morgan fingerprint density at radius 3 is 1.22 bits per heavy atom. The van der Waals surface area contributed by atoms with E-state index in [0.29, 0.717) is 12.8 Å². The summed E-state index contributed by atoms with van der Waals surface area (Å²) in [6, 6.07) is 0. The number of hydrogen-bond acceptors (Lipinski definition) is 13. The monoisotopic (exact) mass is 949 g/mol. The number of carbonyl (C=O) groups is 2. The van der Waals surface area contributed by atoms with Crippen molar-refractivity contribution < 1.29 is 71.4 Å². The van der Waals surface area contributed by atoms with E-state index >= 15 is 0 Å². The highest BCUT2D eigenvalue weighted by Crippen LogP contribution is 2.45. The van der Waals surface area contributed by atoms with Gasteiger partial charge in [0.2, 0.25) is 0 Å². The first-order valence-electron chi connectivity index (χ1n) is 23.3. The predicted octanol–water partition coefficient (Wildman–Crippen LogP) is 10.4. The molecule has 0 aliphatic rings. The average Bonchev–Trinajstić information content (AvgIpc) is 3.27. The molecule has 0 spiro atoms. The van der Waals surface area contributed by atoms with E-state index in [1.165, 1.54) is 57.8 Å². The van der Waals surface area contributed by atoms with Crippen LogP contribution < -0.4 is 0 Å². The number of unbranched alkanes of at least 4 members (excludes halogenated alkanes) is 15. The van der Waals surface area contributed by atoms with Gasteiger partial charge >= 0.3 is 27.6 Å². The van der Waals surface area contributed by atoms with Crippen molar-refractivity contribution in [2.24, 2.45) is 0 Å². The van der Waals surface area contributed by atoms with Crippen LogP contribution in [0.25, 0.3) is 0 Å². The molecule has 0 aromatic carbocycles. The number of phosphoric acid groups is 2. The molecule has 0 amide bonds. The molecule has 17 heteroatoms. The molecule has 64 heavy (non-hydrogen) atoms. The van der Waals surface area contributed by atoms with E-state index in [-0.39, 0.29) is 12.8 Å². The van der Waals surface area contributed by atoms with Crippen LogP contribution in [-0.2, 0) is 46.3 Å². The van der Waals surface area contributed by atoms with Crippen molar-refractivity contribution >= 4 is 27.6 Å². The molecule has 0 aromatic heterocycles. The number of rotatable bonds is 44. The third kappa shape index (κ3) is 44.7. The van der Waals surface area contributed by atoms with E-state index < -0.39 is 85.5 Å². The van der Waals surface area contributed by atoms with Crippen molar-refractivity contribution in [1.82, 2.24) is 0 Å². The second kappa shape index (κ2) is 43.1. The number of carbonyl (C=O) groups excluding carboxylic acids is 2. The van der Waals surface area contributed by atoms with Gasteiger partial charge < -0.3 is 34.6 Å². The van der Waals surface area contributed by atoms with Gasteiger partial charge in [-0.15, -0.1) is 0 Å². The number of hydrogen-bond donors (Lipinski definition) is 5. The second-order valence-corrected chi connectivity index (χ2v) is 18.4. The summed E-state index contributed by atoms with van der Waals surface area (Å²) >= 11 is 0. The third-order valence-corrected chi connectivity index (χ3v) is 11.1. The van der Waals surface area contributed by atoms with E-state index in [0.717, 1.165) is 57.8 Å². The van der Waals surface area contributed by atoms with E-state index in [1.807, 2.05) is 42.5 Å². The van der Waals surface area contributed by atoms with E-state index in [2.05, 4.69) is 62.3 Å². The molecule has 5 unspecified atom stereocenters. The lowest BCUT2D eigenvalue weighted by Crippen LogP contribution is -2.25. The Labute approximate surface area is 383 Å². The molecule has 5 atom stereocenters. The molecule has 0 aliphatic heterocycles. The molecule has 0 bridgehead atoms. The molecular weight excluding hydrogens is 866 g/mol. The van der Waals surface area contributed by atoms with Crippen LogP contribution in [0.5, 0.6) is 0 Å². The van der Waals surface area contributed by atoms with Gasteiger partial charge in [0.25, 0.3) is 0 Å². The fourth-order valence-corrected chi connectivity index (χ4v) is 7.20. The molecule has 0 heterocycles. The molecule has 0 aromatic rings. The molecule has 0 radical (unpaired) electrons. The number of aliphatic hydroxyl groups excluding tert-OH is 3.